The summed E-state index contributed by atoms with van der Waals surface area (Å²) in [5.74, 6) is 0.202. The lowest BCUT2D eigenvalue weighted by molar-refractivity contribution is 0.285. The molecule has 0 bridgehead atoms. The van der Waals surface area contributed by atoms with E-state index in [2.05, 4.69) is 4.72 Å². The van der Waals surface area contributed by atoms with Crippen LogP contribution < -0.4 is 4.72 Å². The van der Waals surface area contributed by atoms with Crippen LogP contribution in [0.15, 0.2) is 16.3 Å². The second-order valence-electron chi connectivity index (χ2n) is 5.14. The summed E-state index contributed by atoms with van der Waals surface area (Å²) in [5, 5.41) is 10.6. The van der Waals surface area contributed by atoms with E-state index in [1.54, 1.807) is 5.38 Å². The van der Waals surface area contributed by atoms with Gasteiger partial charge in [-0.1, -0.05) is 13.8 Å². The monoisotopic (exact) mass is 306 g/mol. The normalized spacial score (nSPS) is 14.3. The molecule has 7 heteroatoms. The number of aliphatic hydroxyl groups excluding tert-OH is 1. The fraction of sp³-hybridized carbons (Fsp3) is 0.667. The van der Waals surface area contributed by atoms with Gasteiger partial charge in [-0.2, -0.15) is 0 Å². The van der Waals surface area contributed by atoms with Crippen molar-refractivity contribution in [2.75, 3.05) is 20.6 Å². The Kier molecular flexibility index (Phi) is 5.94. The minimum Gasteiger partial charge on any atom is -0.391 e. The molecule has 5 nitrogen and oxygen atoms in total. The number of rotatable bonds is 7. The highest BCUT2D eigenvalue weighted by Crippen LogP contribution is 2.20. The van der Waals surface area contributed by atoms with Crippen molar-refractivity contribution in [2.45, 2.75) is 31.4 Å². The number of likely N-dealkylation sites (N-methyl/N-ethyl adjacent to an activating group) is 1. The van der Waals surface area contributed by atoms with Crippen molar-refractivity contribution in [1.29, 1.82) is 0 Å². The Morgan fingerprint density at radius 3 is 2.47 bits per heavy atom. The van der Waals surface area contributed by atoms with Gasteiger partial charge in [0.05, 0.1) is 11.5 Å². The molecule has 2 N–H and O–H groups in total. The van der Waals surface area contributed by atoms with E-state index in [-0.39, 0.29) is 23.5 Å². The highest BCUT2D eigenvalue weighted by atomic mass is 32.2. The van der Waals surface area contributed by atoms with Gasteiger partial charge in [-0.25, -0.2) is 13.1 Å². The zero-order valence-corrected chi connectivity index (χ0v) is 13.4. The second kappa shape index (κ2) is 6.81. The van der Waals surface area contributed by atoms with Gasteiger partial charge < -0.3 is 10.0 Å². The Labute approximate surface area is 119 Å². The van der Waals surface area contributed by atoms with Crippen molar-refractivity contribution >= 4 is 21.4 Å². The van der Waals surface area contributed by atoms with E-state index in [1.165, 1.54) is 17.4 Å². The molecule has 1 atom stereocenters. The molecular formula is C12H22N2O3S2. The molecule has 1 aromatic rings. The zero-order chi connectivity index (χ0) is 14.6. The van der Waals surface area contributed by atoms with Crippen LogP contribution in [0.1, 0.15) is 18.7 Å². The van der Waals surface area contributed by atoms with E-state index in [9.17, 15) is 8.42 Å². The van der Waals surface area contributed by atoms with E-state index >= 15 is 0 Å². The molecule has 0 radical (unpaired) electrons. The molecular weight excluding hydrogens is 284 g/mol. The summed E-state index contributed by atoms with van der Waals surface area (Å²) in [7, 11) is 0.313. The maximum Gasteiger partial charge on any atom is 0.241 e. The number of nitrogens with zero attached hydrogens (tertiary/aromatic N) is 1. The first kappa shape index (κ1) is 16.6. The van der Waals surface area contributed by atoms with Crippen molar-refractivity contribution in [1.82, 2.24) is 9.62 Å². The van der Waals surface area contributed by atoms with Gasteiger partial charge in [0.1, 0.15) is 0 Å². The maximum atomic E-state index is 12.3. The maximum absolute atomic E-state index is 12.3. The van der Waals surface area contributed by atoms with Crippen LogP contribution >= 0.6 is 11.3 Å². The lowest BCUT2D eigenvalue weighted by atomic mass is 10.1. The van der Waals surface area contributed by atoms with E-state index in [0.717, 1.165) is 0 Å². The number of hydrogen-bond acceptors (Lipinski definition) is 5. The molecule has 0 amide bonds. The lowest BCUT2D eigenvalue weighted by Gasteiger charge is -2.25. The molecule has 1 aromatic heterocycles. The molecule has 0 spiro atoms. The summed E-state index contributed by atoms with van der Waals surface area (Å²) < 4.78 is 27.2. The van der Waals surface area contributed by atoms with Gasteiger partial charge in [-0.15, -0.1) is 11.3 Å². The van der Waals surface area contributed by atoms with Gasteiger partial charge in [0.15, 0.2) is 0 Å². The van der Waals surface area contributed by atoms with Gasteiger partial charge in [0, 0.05) is 22.8 Å². The average molecular weight is 306 g/mol. The van der Waals surface area contributed by atoms with Crippen LogP contribution in [0.25, 0.3) is 0 Å². The quantitative estimate of drug-likeness (QED) is 0.791. The van der Waals surface area contributed by atoms with Crippen molar-refractivity contribution < 1.29 is 13.5 Å². The molecule has 1 rings (SSSR count). The van der Waals surface area contributed by atoms with Crippen LogP contribution in [0, 0.1) is 5.92 Å². The predicted molar refractivity (Wildman–Crippen MR) is 77.7 cm³/mol. The fourth-order valence-electron chi connectivity index (χ4n) is 1.63. The van der Waals surface area contributed by atoms with Crippen molar-refractivity contribution in [3.8, 4) is 0 Å². The molecule has 0 fully saturated rings. The fourth-order valence-corrected chi connectivity index (χ4v) is 4.14. The van der Waals surface area contributed by atoms with Crippen LogP contribution in [-0.2, 0) is 16.6 Å². The largest absolute Gasteiger partial charge is 0.391 e. The molecule has 0 aromatic carbocycles. The van der Waals surface area contributed by atoms with Crippen molar-refractivity contribution in [3.63, 3.8) is 0 Å². The summed E-state index contributed by atoms with van der Waals surface area (Å²) in [4.78, 5) is 2.83. The van der Waals surface area contributed by atoms with E-state index in [0.29, 0.717) is 11.4 Å². The third-order valence-corrected chi connectivity index (χ3v) is 5.31. The Morgan fingerprint density at radius 1 is 1.42 bits per heavy atom. The number of sulfonamides is 1. The molecule has 0 saturated heterocycles. The summed E-state index contributed by atoms with van der Waals surface area (Å²) in [6.45, 7) is 4.49. The number of nitrogens with one attached hydrogen (secondary N) is 1. The zero-order valence-electron chi connectivity index (χ0n) is 11.8. The van der Waals surface area contributed by atoms with E-state index in [1.807, 2.05) is 32.8 Å². The number of aliphatic hydroxyl groups is 1. The Balaban J connectivity index is 2.87. The molecule has 0 aliphatic carbocycles. The second-order valence-corrected chi connectivity index (χ2v) is 7.85. The Hall–Kier alpha value is -0.470. The van der Waals surface area contributed by atoms with Gasteiger partial charge in [0.25, 0.3) is 0 Å². The molecule has 1 unspecified atom stereocenters. The standard InChI is InChI=1S/C12H22N2O3S2/c1-9(2)12(6-14(3)4)13-19(16,17)11-5-10(7-15)18-8-11/h5,8-9,12-13,15H,6-7H2,1-4H3. The van der Waals surface area contributed by atoms with Gasteiger partial charge in [0.2, 0.25) is 10.0 Å². The Bertz CT molecular complexity index is 495. The number of hydrogen-bond donors (Lipinski definition) is 2. The minimum atomic E-state index is -3.52. The van der Waals surface area contributed by atoms with Gasteiger partial charge in [-0.3, -0.25) is 0 Å². The van der Waals surface area contributed by atoms with Gasteiger partial charge >= 0.3 is 0 Å². The predicted octanol–water partition coefficient (Wildman–Crippen LogP) is 1.10. The summed E-state index contributed by atoms with van der Waals surface area (Å²) >= 11 is 1.25. The molecule has 1 heterocycles. The van der Waals surface area contributed by atoms with Crippen LogP contribution in [0.5, 0.6) is 0 Å². The first-order valence-corrected chi connectivity index (χ1v) is 8.48. The molecule has 0 aliphatic rings. The Morgan fingerprint density at radius 2 is 2.05 bits per heavy atom. The van der Waals surface area contributed by atoms with Crippen molar-refractivity contribution in [2.24, 2.45) is 5.92 Å². The van der Waals surface area contributed by atoms with E-state index in [4.69, 9.17) is 5.11 Å². The van der Waals surface area contributed by atoms with Crippen LogP contribution in [0.2, 0.25) is 0 Å². The SMILES string of the molecule is CC(C)C(CN(C)C)NS(=O)(=O)c1csc(CO)c1. The third-order valence-electron chi connectivity index (χ3n) is 2.77. The molecule has 19 heavy (non-hydrogen) atoms. The molecule has 0 saturated carbocycles. The van der Waals surface area contributed by atoms with Gasteiger partial charge in [-0.05, 0) is 26.1 Å². The summed E-state index contributed by atoms with van der Waals surface area (Å²) in [6, 6.07) is 1.37. The first-order chi connectivity index (χ1) is 8.76. The molecule has 110 valence electrons. The smallest absolute Gasteiger partial charge is 0.241 e. The average Bonchev–Trinajstić information content (AvgIpc) is 2.76. The lowest BCUT2D eigenvalue weighted by Crippen LogP contribution is -2.44. The van der Waals surface area contributed by atoms with Crippen LogP contribution in [-0.4, -0.2) is 45.1 Å². The highest BCUT2D eigenvalue weighted by molar-refractivity contribution is 7.89. The summed E-state index contributed by atoms with van der Waals surface area (Å²) in [6.07, 6.45) is 0. The van der Waals surface area contributed by atoms with Crippen LogP contribution in [0.4, 0.5) is 0 Å². The highest BCUT2D eigenvalue weighted by Gasteiger charge is 2.23. The molecule has 0 aliphatic heterocycles. The van der Waals surface area contributed by atoms with Crippen LogP contribution in [0.3, 0.4) is 0 Å². The minimum absolute atomic E-state index is 0.133. The summed E-state index contributed by atoms with van der Waals surface area (Å²) in [5.41, 5.74) is 0. The van der Waals surface area contributed by atoms with E-state index < -0.39 is 10.0 Å². The first-order valence-electron chi connectivity index (χ1n) is 6.11. The topological polar surface area (TPSA) is 69.6 Å². The third kappa shape index (κ3) is 4.85. The number of thiophene rings is 1. The van der Waals surface area contributed by atoms with Crippen molar-refractivity contribution in [3.05, 3.63) is 16.3 Å².